The molecule has 59 heavy (non-hydrogen) atoms. The van der Waals surface area contributed by atoms with E-state index in [1.165, 1.54) is 71.8 Å². The van der Waals surface area contributed by atoms with Gasteiger partial charge in [0.1, 0.15) is 22.3 Å². The highest BCUT2D eigenvalue weighted by Gasteiger charge is 2.47. The molecule has 0 fully saturated rings. The second kappa shape index (κ2) is 12.2. The van der Waals surface area contributed by atoms with Crippen LogP contribution in [-0.4, -0.2) is 0 Å². The predicted molar refractivity (Wildman–Crippen MR) is 244 cm³/mol. The molecule has 2 nitrogen and oxygen atoms in total. The summed E-state index contributed by atoms with van der Waals surface area (Å²) < 4.78 is 12.9. The van der Waals surface area contributed by atoms with Crippen LogP contribution in [0.15, 0.2) is 215 Å². The van der Waals surface area contributed by atoms with Gasteiger partial charge in [0.05, 0.1) is 5.41 Å². The summed E-state index contributed by atoms with van der Waals surface area (Å²) >= 11 is 0. The second-order valence-corrected chi connectivity index (χ2v) is 15.9. The van der Waals surface area contributed by atoms with Crippen molar-refractivity contribution in [3.8, 4) is 33.4 Å². The maximum Gasteiger partial charge on any atom is 0.143 e. The van der Waals surface area contributed by atoms with E-state index in [2.05, 4.69) is 194 Å². The van der Waals surface area contributed by atoms with E-state index in [0.717, 1.165) is 49.3 Å². The Morgan fingerprint density at radius 3 is 1.81 bits per heavy atom. The van der Waals surface area contributed by atoms with Crippen LogP contribution in [0.5, 0.6) is 0 Å². The lowest BCUT2D eigenvalue weighted by Crippen LogP contribution is -2.28. The molecular weight excluding hydrogens is 717 g/mol. The predicted octanol–water partition coefficient (Wildman–Crippen LogP) is 15.5. The van der Waals surface area contributed by atoms with E-state index < -0.39 is 5.41 Å². The fourth-order valence-corrected chi connectivity index (χ4v) is 10.5. The summed E-state index contributed by atoms with van der Waals surface area (Å²) in [6.07, 6.45) is 0. The summed E-state index contributed by atoms with van der Waals surface area (Å²) in [5.74, 6) is 0. The smallest absolute Gasteiger partial charge is 0.143 e. The first-order chi connectivity index (χ1) is 29.3. The first-order valence-corrected chi connectivity index (χ1v) is 20.3. The number of hydrogen-bond donors (Lipinski definition) is 0. The lowest BCUT2D eigenvalue weighted by Gasteiger charge is -2.34. The number of fused-ring (bicyclic) bond motifs is 13. The highest BCUT2D eigenvalue weighted by Crippen LogP contribution is 2.59. The largest absolute Gasteiger partial charge is 0.456 e. The molecule has 0 saturated carbocycles. The van der Waals surface area contributed by atoms with E-state index in [1.54, 1.807) is 0 Å². The average Bonchev–Trinajstić information content (AvgIpc) is 3.97. The van der Waals surface area contributed by atoms with Crippen molar-refractivity contribution in [2.75, 3.05) is 0 Å². The topological polar surface area (TPSA) is 26.3 Å². The molecule has 0 spiro atoms. The van der Waals surface area contributed by atoms with Crippen molar-refractivity contribution >= 4 is 65.4 Å². The molecule has 10 aromatic carbocycles. The van der Waals surface area contributed by atoms with Gasteiger partial charge in [0, 0.05) is 26.9 Å². The van der Waals surface area contributed by atoms with Gasteiger partial charge in [-0.1, -0.05) is 170 Å². The minimum absolute atomic E-state index is 0.565. The molecule has 1 aliphatic carbocycles. The van der Waals surface area contributed by atoms with Crippen LogP contribution in [0.3, 0.4) is 0 Å². The number of para-hydroxylation sites is 1. The fourth-order valence-electron chi connectivity index (χ4n) is 10.5. The molecule has 274 valence electrons. The van der Waals surface area contributed by atoms with Crippen LogP contribution in [0.2, 0.25) is 0 Å². The molecule has 0 unspecified atom stereocenters. The van der Waals surface area contributed by atoms with Crippen molar-refractivity contribution in [3.63, 3.8) is 0 Å². The summed E-state index contributed by atoms with van der Waals surface area (Å²) in [7, 11) is 0. The third-order valence-electron chi connectivity index (χ3n) is 13.0. The van der Waals surface area contributed by atoms with Gasteiger partial charge in [0.2, 0.25) is 0 Å². The Balaban J connectivity index is 1.10. The molecule has 0 atom stereocenters. The fraction of sp³-hybridized carbons (Fsp3) is 0.0175. The third-order valence-corrected chi connectivity index (χ3v) is 13.0. The van der Waals surface area contributed by atoms with E-state index in [1.807, 2.05) is 12.1 Å². The minimum atomic E-state index is -0.565. The summed E-state index contributed by atoms with van der Waals surface area (Å²) in [5, 5.41) is 9.34. The van der Waals surface area contributed by atoms with Gasteiger partial charge in [0.25, 0.3) is 0 Å². The van der Waals surface area contributed by atoms with E-state index in [-0.39, 0.29) is 0 Å². The number of benzene rings is 10. The minimum Gasteiger partial charge on any atom is -0.456 e. The Hall–Kier alpha value is -7.68. The molecule has 12 aromatic rings. The van der Waals surface area contributed by atoms with Crippen LogP contribution in [0, 0.1) is 0 Å². The van der Waals surface area contributed by atoms with Crippen LogP contribution in [0.4, 0.5) is 0 Å². The van der Waals surface area contributed by atoms with Crippen molar-refractivity contribution < 1.29 is 8.83 Å². The van der Waals surface area contributed by atoms with Crippen molar-refractivity contribution in [1.82, 2.24) is 0 Å². The van der Waals surface area contributed by atoms with E-state index in [9.17, 15) is 0 Å². The standard InChI is InChI=1S/C57H34O2/c1-3-14-38(15-4-1)57(39-16-5-2-6-17-39)49-31-30-43-40(36-27-32-52-48(33-36)44-19-9-10-23-51(44)58-52)20-11-22-45(43)54(49)46-28-26-37(34-50(46)57)41-21-12-24-53-55(41)47-29-25-35-13-7-8-18-42(35)56(47)59-53/h1-34H. The SMILES string of the molecule is c1ccc(C2(c3ccccc3)c3cc(-c4cccc5oc6c7ccccc7ccc6c45)ccc3-c3c2ccc2c(-c4ccc5oc6ccccc6c5c4)cccc32)cc1. The van der Waals surface area contributed by atoms with E-state index in [4.69, 9.17) is 8.83 Å². The Morgan fingerprint density at radius 2 is 0.966 bits per heavy atom. The Kier molecular flexibility index (Phi) is 6.68. The molecule has 0 radical (unpaired) electrons. The molecule has 2 heteroatoms. The summed E-state index contributed by atoms with van der Waals surface area (Å²) in [6.45, 7) is 0. The third kappa shape index (κ3) is 4.46. The summed E-state index contributed by atoms with van der Waals surface area (Å²) in [6, 6.07) is 75.3. The molecule has 0 saturated heterocycles. The zero-order valence-corrected chi connectivity index (χ0v) is 31.9. The van der Waals surface area contributed by atoms with Gasteiger partial charge in [-0.3, -0.25) is 0 Å². The zero-order chi connectivity index (χ0) is 38.7. The van der Waals surface area contributed by atoms with Crippen molar-refractivity contribution in [1.29, 1.82) is 0 Å². The number of hydrogen-bond acceptors (Lipinski definition) is 2. The van der Waals surface area contributed by atoms with Gasteiger partial charge >= 0.3 is 0 Å². The molecule has 0 aliphatic heterocycles. The zero-order valence-electron chi connectivity index (χ0n) is 31.9. The van der Waals surface area contributed by atoms with Gasteiger partial charge in [-0.2, -0.15) is 0 Å². The molecule has 0 bridgehead atoms. The second-order valence-electron chi connectivity index (χ2n) is 15.9. The maximum absolute atomic E-state index is 6.68. The first kappa shape index (κ1) is 32.4. The Morgan fingerprint density at radius 1 is 0.322 bits per heavy atom. The molecule has 0 N–H and O–H groups in total. The molecule has 0 amide bonds. The van der Waals surface area contributed by atoms with E-state index >= 15 is 0 Å². The first-order valence-electron chi connectivity index (χ1n) is 20.3. The van der Waals surface area contributed by atoms with Crippen molar-refractivity contribution in [3.05, 3.63) is 229 Å². The lowest BCUT2D eigenvalue weighted by molar-refractivity contribution is 0.669. The van der Waals surface area contributed by atoms with Gasteiger partial charge in [-0.25, -0.2) is 0 Å². The van der Waals surface area contributed by atoms with Crippen LogP contribution in [0.25, 0.3) is 98.8 Å². The number of furan rings is 2. The van der Waals surface area contributed by atoms with Gasteiger partial charge in [0.15, 0.2) is 0 Å². The van der Waals surface area contributed by atoms with Crippen LogP contribution < -0.4 is 0 Å². The Labute approximate surface area is 340 Å². The molecule has 2 heterocycles. The normalized spacial score (nSPS) is 13.2. The van der Waals surface area contributed by atoms with E-state index in [0.29, 0.717) is 0 Å². The molecular formula is C57H34O2. The van der Waals surface area contributed by atoms with Gasteiger partial charge in [-0.05, 0) is 108 Å². The quantitative estimate of drug-likeness (QED) is 0.179. The highest BCUT2D eigenvalue weighted by molar-refractivity contribution is 6.19. The summed E-state index contributed by atoms with van der Waals surface area (Å²) in [5.41, 5.74) is 15.4. The monoisotopic (exact) mass is 750 g/mol. The van der Waals surface area contributed by atoms with Crippen LogP contribution in [0.1, 0.15) is 22.3 Å². The maximum atomic E-state index is 6.68. The highest BCUT2D eigenvalue weighted by atomic mass is 16.3. The lowest BCUT2D eigenvalue weighted by atomic mass is 9.67. The Bertz CT molecular complexity index is 3620. The van der Waals surface area contributed by atoms with Crippen molar-refractivity contribution in [2.45, 2.75) is 5.41 Å². The van der Waals surface area contributed by atoms with Crippen LogP contribution >= 0.6 is 0 Å². The average molecular weight is 751 g/mol. The van der Waals surface area contributed by atoms with Crippen molar-refractivity contribution in [2.24, 2.45) is 0 Å². The molecule has 2 aromatic heterocycles. The molecule has 13 rings (SSSR count). The van der Waals surface area contributed by atoms with Gasteiger partial charge in [-0.15, -0.1) is 0 Å². The summed E-state index contributed by atoms with van der Waals surface area (Å²) in [4.78, 5) is 0. The van der Waals surface area contributed by atoms with Gasteiger partial charge < -0.3 is 8.83 Å². The number of rotatable bonds is 4. The molecule has 1 aliphatic rings. The van der Waals surface area contributed by atoms with Crippen LogP contribution in [-0.2, 0) is 5.41 Å².